The fraction of sp³-hybridized carbons (Fsp3) is 0.0714. The molecule has 2 aromatic carbocycles. The number of benzene rings is 2. The van der Waals surface area contributed by atoms with Crippen molar-refractivity contribution in [2.75, 3.05) is 5.23 Å². The highest BCUT2D eigenvalue weighted by Gasteiger charge is 2.19. The Morgan fingerprint density at radius 3 is 2.55 bits per heavy atom. The smallest absolute Gasteiger partial charge is 0.335 e. The molecule has 1 aliphatic rings. The second kappa shape index (κ2) is 4.84. The van der Waals surface area contributed by atoms with E-state index in [0.717, 1.165) is 10.8 Å². The van der Waals surface area contributed by atoms with Crippen LogP contribution in [0.15, 0.2) is 42.5 Å². The topological polar surface area (TPSA) is 79.2 Å². The van der Waals surface area contributed by atoms with Gasteiger partial charge in [0.05, 0.1) is 5.56 Å². The average molecular weight is 273 g/mol. The van der Waals surface area contributed by atoms with Gasteiger partial charge in [-0.05, 0) is 42.5 Å². The van der Waals surface area contributed by atoms with Gasteiger partial charge in [-0.15, -0.1) is 5.23 Å². The van der Waals surface area contributed by atoms with Gasteiger partial charge in [0, 0.05) is 5.56 Å². The summed E-state index contributed by atoms with van der Waals surface area (Å²) >= 11 is 0. The van der Waals surface area contributed by atoms with E-state index in [1.807, 2.05) is 0 Å². The zero-order valence-electron chi connectivity index (χ0n) is 10.3. The van der Waals surface area contributed by atoms with Gasteiger partial charge in [-0.1, -0.05) is 0 Å². The number of aromatic carboxylic acids is 1. The van der Waals surface area contributed by atoms with Crippen LogP contribution in [0.4, 0.5) is 5.69 Å². The fourth-order valence-corrected chi connectivity index (χ4v) is 1.93. The summed E-state index contributed by atoms with van der Waals surface area (Å²) in [6.45, 7) is 0.279. The van der Waals surface area contributed by atoms with E-state index in [9.17, 15) is 10.0 Å². The number of hydrogen-bond acceptors (Lipinski definition) is 5. The Labute approximate surface area is 114 Å². The molecule has 20 heavy (non-hydrogen) atoms. The van der Waals surface area contributed by atoms with Gasteiger partial charge in [0.15, 0.2) is 0 Å². The molecule has 0 spiro atoms. The largest absolute Gasteiger partial charge is 0.478 e. The predicted molar refractivity (Wildman–Crippen MR) is 69.0 cm³/mol. The number of rotatable bonds is 3. The molecule has 0 unspecified atom stereocenters. The summed E-state index contributed by atoms with van der Waals surface area (Å²) in [5.74, 6) is 0.148. The van der Waals surface area contributed by atoms with Crippen LogP contribution in [0.3, 0.4) is 0 Å². The molecule has 0 aliphatic carbocycles. The molecule has 6 heteroatoms. The molecule has 2 aromatic rings. The SMILES string of the molecule is O=C(O)c1ccc(Oc2ccc3c(c2)CON3O)cc1. The first-order chi connectivity index (χ1) is 9.63. The van der Waals surface area contributed by atoms with Gasteiger partial charge in [0.1, 0.15) is 23.8 Å². The third-order valence-electron chi connectivity index (χ3n) is 2.94. The van der Waals surface area contributed by atoms with Crippen molar-refractivity contribution < 1.29 is 24.7 Å². The molecular formula is C14H11NO5. The maximum atomic E-state index is 10.7. The minimum Gasteiger partial charge on any atom is -0.478 e. The molecule has 2 N–H and O–H groups in total. The number of nitrogens with zero attached hydrogens (tertiary/aromatic N) is 1. The quantitative estimate of drug-likeness (QED) is 0.895. The van der Waals surface area contributed by atoms with Crippen molar-refractivity contribution in [3.63, 3.8) is 0 Å². The maximum absolute atomic E-state index is 10.7. The van der Waals surface area contributed by atoms with Crippen LogP contribution < -0.4 is 9.96 Å². The molecule has 0 saturated carbocycles. The van der Waals surface area contributed by atoms with Crippen LogP contribution in [0.1, 0.15) is 15.9 Å². The van der Waals surface area contributed by atoms with Gasteiger partial charge in [0.25, 0.3) is 0 Å². The van der Waals surface area contributed by atoms with Gasteiger partial charge in [0.2, 0.25) is 0 Å². The molecule has 0 radical (unpaired) electrons. The summed E-state index contributed by atoms with van der Waals surface area (Å²) in [5, 5.41) is 18.9. The molecule has 1 heterocycles. The lowest BCUT2D eigenvalue weighted by Gasteiger charge is -2.09. The lowest BCUT2D eigenvalue weighted by Crippen LogP contribution is -2.10. The van der Waals surface area contributed by atoms with Crippen LogP contribution >= 0.6 is 0 Å². The summed E-state index contributed by atoms with van der Waals surface area (Å²) in [7, 11) is 0. The maximum Gasteiger partial charge on any atom is 0.335 e. The van der Waals surface area contributed by atoms with Crippen LogP contribution in [0.5, 0.6) is 11.5 Å². The number of fused-ring (bicyclic) bond motifs is 1. The number of carbonyl (C=O) groups is 1. The molecule has 0 saturated heterocycles. The van der Waals surface area contributed by atoms with E-state index >= 15 is 0 Å². The number of carboxylic acids is 1. The summed E-state index contributed by atoms with van der Waals surface area (Å²) in [6, 6.07) is 11.3. The number of carboxylic acid groups (broad SMARTS) is 1. The zero-order valence-corrected chi connectivity index (χ0v) is 10.3. The average Bonchev–Trinajstić information content (AvgIpc) is 2.81. The Morgan fingerprint density at radius 2 is 1.85 bits per heavy atom. The van der Waals surface area contributed by atoms with E-state index in [2.05, 4.69) is 0 Å². The summed E-state index contributed by atoms with van der Waals surface area (Å²) in [5.41, 5.74) is 1.60. The van der Waals surface area contributed by atoms with Crippen LogP contribution in [0, 0.1) is 0 Å². The van der Waals surface area contributed by atoms with Crippen molar-refractivity contribution in [2.24, 2.45) is 0 Å². The van der Waals surface area contributed by atoms with Crippen molar-refractivity contribution in [1.29, 1.82) is 0 Å². The van der Waals surface area contributed by atoms with Gasteiger partial charge < -0.3 is 9.84 Å². The van der Waals surface area contributed by atoms with E-state index in [4.69, 9.17) is 14.7 Å². The zero-order chi connectivity index (χ0) is 14.1. The molecule has 0 aromatic heterocycles. The van der Waals surface area contributed by atoms with Crippen molar-refractivity contribution in [2.45, 2.75) is 6.61 Å². The van der Waals surface area contributed by atoms with E-state index in [-0.39, 0.29) is 12.2 Å². The van der Waals surface area contributed by atoms with E-state index < -0.39 is 5.97 Å². The van der Waals surface area contributed by atoms with Gasteiger partial charge in [-0.25, -0.2) is 9.63 Å². The van der Waals surface area contributed by atoms with Gasteiger partial charge in [-0.3, -0.25) is 5.21 Å². The first-order valence-corrected chi connectivity index (χ1v) is 5.89. The standard InChI is InChI=1S/C14H11NO5/c16-14(17)9-1-3-11(4-2-9)20-12-5-6-13-10(7-12)8-19-15(13)18/h1-7,18H,8H2,(H,16,17). The summed E-state index contributed by atoms with van der Waals surface area (Å²) < 4.78 is 5.62. The van der Waals surface area contributed by atoms with Crippen molar-refractivity contribution >= 4 is 11.7 Å². The third kappa shape index (κ3) is 2.29. The van der Waals surface area contributed by atoms with E-state index in [1.54, 1.807) is 30.3 Å². The second-order valence-electron chi connectivity index (χ2n) is 4.27. The van der Waals surface area contributed by atoms with Gasteiger partial charge in [-0.2, -0.15) is 0 Å². The molecule has 6 nitrogen and oxygen atoms in total. The lowest BCUT2D eigenvalue weighted by molar-refractivity contribution is -0.0329. The molecule has 0 atom stereocenters. The van der Waals surface area contributed by atoms with Crippen molar-refractivity contribution in [3.05, 3.63) is 53.6 Å². The highest BCUT2D eigenvalue weighted by atomic mass is 16.9. The molecule has 102 valence electrons. The molecule has 3 rings (SSSR count). The normalized spacial score (nSPS) is 13.2. The number of anilines is 1. The summed E-state index contributed by atoms with van der Waals surface area (Å²) in [6.07, 6.45) is 0. The fourth-order valence-electron chi connectivity index (χ4n) is 1.93. The lowest BCUT2D eigenvalue weighted by atomic mass is 10.2. The highest BCUT2D eigenvalue weighted by Crippen LogP contribution is 2.32. The van der Waals surface area contributed by atoms with Crippen LogP contribution in [-0.2, 0) is 11.4 Å². The Balaban J connectivity index is 1.79. The highest BCUT2D eigenvalue weighted by molar-refractivity contribution is 5.87. The number of ether oxygens (including phenoxy) is 1. The van der Waals surface area contributed by atoms with Crippen molar-refractivity contribution in [1.82, 2.24) is 0 Å². The Kier molecular flexibility index (Phi) is 3.02. The number of hydrogen-bond donors (Lipinski definition) is 2. The Morgan fingerprint density at radius 1 is 1.15 bits per heavy atom. The summed E-state index contributed by atoms with van der Waals surface area (Å²) in [4.78, 5) is 15.7. The molecule has 0 bridgehead atoms. The first kappa shape index (κ1) is 12.5. The Hall–Kier alpha value is -2.57. The molecular weight excluding hydrogens is 262 g/mol. The predicted octanol–water partition coefficient (Wildman–Crippen LogP) is 2.82. The molecule has 0 amide bonds. The monoisotopic (exact) mass is 273 g/mol. The van der Waals surface area contributed by atoms with Crippen LogP contribution in [0.25, 0.3) is 0 Å². The Bertz CT molecular complexity index is 653. The van der Waals surface area contributed by atoms with Crippen LogP contribution in [-0.4, -0.2) is 16.3 Å². The minimum atomic E-state index is -0.978. The van der Waals surface area contributed by atoms with E-state index in [0.29, 0.717) is 17.2 Å². The molecule has 1 aliphatic heterocycles. The first-order valence-electron chi connectivity index (χ1n) is 5.89. The third-order valence-corrected chi connectivity index (χ3v) is 2.94. The molecule has 0 fully saturated rings. The van der Waals surface area contributed by atoms with Crippen LogP contribution in [0.2, 0.25) is 0 Å². The van der Waals surface area contributed by atoms with E-state index in [1.165, 1.54) is 12.1 Å². The second-order valence-corrected chi connectivity index (χ2v) is 4.27. The minimum absolute atomic E-state index is 0.204. The van der Waals surface area contributed by atoms with Crippen molar-refractivity contribution in [3.8, 4) is 11.5 Å². The van der Waals surface area contributed by atoms with Gasteiger partial charge >= 0.3 is 5.97 Å².